The number of fused-ring (bicyclic) bond motifs is 1. The molecule has 1 aliphatic heterocycles. The maximum atomic E-state index is 5.61. The zero-order chi connectivity index (χ0) is 17.2. The first kappa shape index (κ1) is 16.6. The van der Waals surface area contributed by atoms with Gasteiger partial charge in [-0.1, -0.05) is 29.8 Å². The number of aromatic nitrogens is 1. The van der Waals surface area contributed by atoms with E-state index in [1.54, 1.807) is 0 Å². The molecule has 0 amide bonds. The molecular weight excluding hydrogens is 310 g/mol. The fraction of sp³-hybridized carbons (Fsp3) is 0.476. The second kappa shape index (κ2) is 7.14. The predicted molar refractivity (Wildman–Crippen MR) is 101 cm³/mol. The minimum Gasteiger partial charge on any atom is -0.375 e. The van der Waals surface area contributed by atoms with Crippen LogP contribution in [0.15, 0.2) is 36.5 Å². The minimum absolute atomic E-state index is 0.280. The Morgan fingerprint density at radius 2 is 2.20 bits per heavy atom. The highest BCUT2D eigenvalue weighted by Gasteiger charge is 2.22. The second-order valence-corrected chi connectivity index (χ2v) is 7.33. The highest BCUT2D eigenvalue weighted by Crippen LogP contribution is 2.32. The number of rotatable bonds is 4. The molecule has 25 heavy (non-hydrogen) atoms. The Morgan fingerprint density at radius 3 is 3.00 bits per heavy atom. The van der Waals surface area contributed by atoms with Crippen molar-refractivity contribution in [2.24, 2.45) is 0 Å². The van der Waals surface area contributed by atoms with Crippen LogP contribution in [0.5, 0.6) is 0 Å². The molecule has 0 saturated carbocycles. The first-order valence-electron chi connectivity index (χ1n) is 9.33. The van der Waals surface area contributed by atoms with Gasteiger partial charge in [0, 0.05) is 31.9 Å². The Bertz CT molecular complexity index is 728. The average Bonchev–Trinajstić information content (AvgIpc) is 3.02. The molecule has 0 bridgehead atoms. The summed E-state index contributed by atoms with van der Waals surface area (Å²) in [7, 11) is 0. The van der Waals surface area contributed by atoms with Gasteiger partial charge in [0.05, 0.1) is 12.7 Å². The molecular formula is C21H27N3O. The van der Waals surface area contributed by atoms with Crippen LogP contribution in [0, 0.1) is 6.92 Å². The number of morpholine rings is 1. The summed E-state index contributed by atoms with van der Waals surface area (Å²) in [4.78, 5) is 6.98. The van der Waals surface area contributed by atoms with Crippen molar-refractivity contribution in [2.45, 2.75) is 45.4 Å². The molecule has 2 aromatic rings. The molecule has 0 radical (unpaired) electrons. The minimum atomic E-state index is 0.280. The number of hydrogen-bond donors (Lipinski definition) is 1. The van der Waals surface area contributed by atoms with Crippen LogP contribution < -0.4 is 10.2 Å². The van der Waals surface area contributed by atoms with Crippen molar-refractivity contribution >= 4 is 5.82 Å². The van der Waals surface area contributed by atoms with Gasteiger partial charge in [0.15, 0.2) is 0 Å². The van der Waals surface area contributed by atoms with Crippen LogP contribution >= 0.6 is 0 Å². The van der Waals surface area contributed by atoms with E-state index >= 15 is 0 Å². The van der Waals surface area contributed by atoms with Gasteiger partial charge in [-0.25, -0.2) is 4.98 Å². The van der Waals surface area contributed by atoms with Gasteiger partial charge >= 0.3 is 0 Å². The lowest BCUT2D eigenvalue weighted by molar-refractivity contribution is 0.0529. The largest absolute Gasteiger partial charge is 0.375 e. The first-order chi connectivity index (χ1) is 12.2. The van der Waals surface area contributed by atoms with Gasteiger partial charge in [0.25, 0.3) is 0 Å². The lowest BCUT2D eigenvalue weighted by Gasteiger charge is -2.32. The molecule has 1 aromatic heterocycles. The summed E-state index contributed by atoms with van der Waals surface area (Å²) < 4.78 is 5.61. The molecule has 1 aromatic carbocycles. The molecule has 4 heteroatoms. The van der Waals surface area contributed by atoms with Crippen molar-refractivity contribution < 1.29 is 4.74 Å². The summed E-state index contributed by atoms with van der Waals surface area (Å²) >= 11 is 0. The smallest absolute Gasteiger partial charge is 0.128 e. The number of aryl methyl sites for hydroxylation is 2. The average molecular weight is 337 g/mol. The first-order valence-corrected chi connectivity index (χ1v) is 9.33. The van der Waals surface area contributed by atoms with Crippen LogP contribution in [0.25, 0.3) is 0 Å². The summed E-state index contributed by atoms with van der Waals surface area (Å²) in [6.45, 7) is 7.78. The molecule has 0 unspecified atom stereocenters. The number of hydrogen-bond acceptors (Lipinski definition) is 4. The SMILES string of the molecule is Cc1ccc2c(c1)[C@@H](NCc1ccc(N3CCO[C@H](C)C3)nc1)CC2. The van der Waals surface area contributed by atoms with E-state index in [-0.39, 0.29) is 6.10 Å². The molecule has 132 valence electrons. The standard InChI is InChI=1S/C21H27N3O/c1-15-3-5-18-6-7-20(19(18)11-15)22-12-17-4-8-21(23-13-17)24-9-10-25-16(2)14-24/h3-5,8,11,13,16,20,22H,6-7,9-10,12,14H2,1-2H3/t16-,20+/m1/s1. The summed E-state index contributed by atoms with van der Waals surface area (Å²) in [6.07, 6.45) is 4.66. The van der Waals surface area contributed by atoms with E-state index in [0.717, 1.165) is 32.1 Å². The Hall–Kier alpha value is -1.91. The van der Waals surface area contributed by atoms with Crippen LogP contribution in [0.3, 0.4) is 0 Å². The fourth-order valence-corrected chi connectivity index (χ4v) is 3.91. The highest BCUT2D eigenvalue weighted by atomic mass is 16.5. The zero-order valence-electron chi connectivity index (χ0n) is 15.2. The molecule has 2 heterocycles. The van der Waals surface area contributed by atoms with E-state index < -0.39 is 0 Å². The zero-order valence-corrected chi connectivity index (χ0v) is 15.2. The molecule has 4 rings (SSSR count). The van der Waals surface area contributed by atoms with Gasteiger partial charge in [0.2, 0.25) is 0 Å². The topological polar surface area (TPSA) is 37.4 Å². The Morgan fingerprint density at radius 1 is 1.28 bits per heavy atom. The van der Waals surface area contributed by atoms with Gasteiger partial charge in [-0.05, 0) is 49.4 Å². The monoisotopic (exact) mass is 337 g/mol. The normalized spacial score (nSPS) is 22.9. The predicted octanol–water partition coefficient (Wildman–Crippen LogP) is 3.39. The van der Waals surface area contributed by atoms with Gasteiger partial charge in [-0.15, -0.1) is 0 Å². The van der Waals surface area contributed by atoms with Crippen LogP contribution in [0.4, 0.5) is 5.82 Å². The number of ether oxygens (including phenoxy) is 1. The van der Waals surface area contributed by atoms with E-state index in [0.29, 0.717) is 6.04 Å². The molecule has 2 aliphatic rings. The molecule has 2 atom stereocenters. The summed E-state index contributed by atoms with van der Waals surface area (Å²) in [6, 6.07) is 11.6. The Balaban J connectivity index is 1.37. The number of anilines is 1. The molecule has 0 spiro atoms. The van der Waals surface area contributed by atoms with Crippen LogP contribution in [-0.2, 0) is 17.7 Å². The quantitative estimate of drug-likeness (QED) is 0.928. The van der Waals surface area contributed by atoms with E-state index in [4.69, 9.17) is 4.74 Å². The summed E-state index contributed by atoms with van der Waals surface area (Å²) in [5, 5.41) is 3.71. The number of benzene rings is 1. The maximum absolute atomic E-state index is 5.61. The lowest BCUT2D eigenvalue weighted by Crippen LogP contribution is -2.41. The van der Waals surface area contributed by atoms with Gasteiger partial charge in [-0.3, -0.25) is 0 Å². The molecule has 1 aliphatic carbocycles. The molecule has 1 saturated heterocycles. The van der Waals surface area contributed by atoms with Crippen LogP contribution in [-0.4, -0.2) is 30.8 Å². The van der Waals surface area contributed by atoms with Crippen molar-refractivity contribution in [3.8, 4) is 0 Å². The fourth-order valence-electron chi connectivity index (χ4n) is 3.91. The summed E-state index contributed by atoms with van der Waals surface area (Å²) in [5.74, 6) is 1.06. The molecule has 4 nitrogen and oxygen atoms in total. The van der Waals surface area contributed by atoms with Crippen LogP contribution in [0.1, 0.15) is 41.6 Å². The lowest BCUT2D eigenvalue weighted by atomic mass is 10.0. The van der Waals surface area contributed by atoms with Crippen molar-refractivity contribution in [2.75, 3.05) is 24.6 Å². The third-order valence-corrected chi connectivity index (χ3v) is 5.31. The third-order valence-electron chi connectivity index (χ3n) is 5.31. The van der Waals surface area contributed by atoms with Gasteiger partial charge in [-0.2, -0.15) is 0 Å². The summed E-state index contributed by atoms with van der Waals surface area (Å²) in [5.41, 5.74) is 5.56. The number of pyridine rings is 1. The number of nitrogens with one attached hydrogen (secondary N) is 1. The highest BCUT2D eigenvalue weighted by molar-refractivity contribution is 5.40. The van der Waals surface area contributed by atoms with Gasteiger partial charge in [0.1, 0.15) is 5.82 Å². The molecule has 1 N–H and O–H groups in total. The number of nitrogens with zero attached hydrogens (tertiary/aromatic N) is 2. The third kappa shape index (κ3) is 3.70. The second-order valence-electron chi connectivity index (χ2n) is 7.33. The Kier molecular flexibility index (Phi) is 4.73. The Labute approximate surface area is 150 Å². The molecule has 1 fully saturated rings. The van der Waals surface area contributed by atoms with E-state index in [2.05, 4.69) is 59.4 Å². The van der Waals surface area contributed by atoms with Crippen molar-refractivity contribution in [3.05, 3.63) is 58.8 Å². The van der Waals surface area contributed by atoms with Gasteiger partial charge < -0.3 is 15.0 Å². The van der Waals surface area contributed by atoms with E-state index in [1.807, 2.05) is 6.20 Å². The van der Waals surface area contributed by atoms with Crippen molar-refractivity contribution in [3.63, 3.8) is 0 Å². The van der Waals surface area contributed by atoms with Crippen LogP contribution in [0.2, 0.25) is 0 Å². The maximum Gasteiger partial charge on any atom is 0.128 e. The van der Waals surface area contributed by atoms with Crippen molar-refractivity contribution in [1.82, 2.24) is 10.3 Å². The van der Waals surface area contributed by atoms with E-state index in [9.17, 15) is 0 Å². The van der Waals surface area contributed by atoms with E-state index in [1.165, 1.54) is 35.1 Å². The van der Waals surface area contributed by atoms with Crippen molar-refractivity contribution in [1.29, 1.82) is 0 Å².